The average molecular weight is 444 g/mol. The molecule has 1 unspecified atom stereocenters. The Bertz CT molecular complexity index is 1150. The predicted octanol–water partition coefficient (Wildman–Crippen LogP) is 3.01. The molecule has 4 rings (SSSR count). The Morgan fingerprint density at radius 1 is 1.10 bits per heavy atom. The first-order chi connectivity index (χ1) is 14.4. The van der Waals surface area contributed by atoms with Gasteiger partial charge in [0.15, 0.2) is 6.10 Å². The number of fused-ring (bicyclic) bond motifs is 1. The summed E-state index contributed by atoms with van der Waals surface area (Å²) in [7, 11) is -3.92. The first kappa shape index (κ1) is 20.2. The van der Waals surface area contributed by atoms with E-state index in [1.807, 2.05) is 0 Å². The number of carbonyl (C=O) groups excluding carboxylic acids is 1. The lowest BCUT2D eigenvalue weighted by atomic mass is 10.2. The van der Waals surface area contributed by atoms with Crippen molar-refractivity contribution in [2.24, 2.45) is 0 Å². The number of hydrogen-bond donors (Lipinski definition) is 1. The number of para-hydroxylation sites is 2. The van der Waals surface area contributed by atoms with Gasteiger partial charge >= 0.3 is 0 Å². The first-order valence-electron chi connectivity index (χ1n) is 9.16. The van der Waals surface area contributed by atoms with E-state index in [1.165, 1.54) is 28.6 Å². The topological polar surface area (TPSA) is 88.6 Å². The van der Waals surface area contributed by atoms with Gasteiger partial charge in [-0.25, -0.2) is 8.42 Å². The standard InChI is InChI=1S/C21H18ClN3O4S/c22-16-5-7-17(8-6-16)30(27,28)25-14-20(29-19-4-2-1-3-18(19)25)21(26)24-13-15-9-11-23-12-10-15/h1-12,20H,13-14H2,(H,24,26). The van der Waals surface area contributed by atoms with Crippen LogP contribution in [0.25, 0.3) is 0 Å². The molecule has 3 aromatic rings. The lowest BCUT2D eigenvalue weighted by Crippen LogP contribution is -2.50. The fraction of sp³-hybridized carbons (Fsp3) is 0.143. The molecule has 2 aromatic carbocycles. The van der Waals surface area contributed by atoms with Gasteiger partial charge in [-0.2, -0.15) is 0 Å². The Labute approximate surface area is 179 Å². The molecular weight excluding hydrogens is 426 g/mol. The quantitative estimate of drug-likeness (QED) is 0.654. The molecule has 1 atom stereocenters. The van der Waals surface area contributed by atoms with Crippen molar-refractivity contribution in [2.75, 3.05) is 10.8 Å². The summed E-state index contributed by atoms with van der Waals surface area (Å²) >= 11 is 5.89. The molecule has 154 valence electrons. The normalized spacial score (nSPS) is 15.8. The van der Waals surface area contributed by atoms with E-state index in [1.54, 1.807) is 48.8 Å². The van der Waals surface area contributed by atoms with Crippen LogP contribution in [-0.4, -0.2) is 32.0 Å². The van der Waals surface area contributed by atoms with Gasteiger partial charge in [0.25, 0.3) is 15.9 Å². The van der Waals surface area contributed by atoms with E-state index in [-0.39, 0.29) is 18.0 Å². The van der Waals surface area contributed by atoms with Gasteiger partial charge in [0.05, 0.1) is 17.1 Å². The van der Waals surface area contributed by atoms with Crippen LogP contribution in [0.15, 0.2) is 78.0 Å². The number of ether oxygens (including phenoxy) is 1. The number of carbonyl (C=O) groups is 1. The molecule has 0 spiro atoms. The molecule has 0 fully saturated rings. The summed E-state index contributed by atoms with van der Waals surface area (Å²) in [4.78, 5) is 16.8. The summed E-state index contributed by atoms with van der Waals surface area (Å²) in [5.74, 6) is -0.0806. The molecule has 1 aliphatic rings. The zero-order chi connectivity index (χ0) is 21.1. The lowest BCUT2D eigenvalue weighted by Gasteiger charge is -2.34. The number of halogens is 1. The van der Waals surface area contributed by atoms with Crippen LogP contribution in [0, 0.1) is 0 Å². The minimum atomic E-state index is -3.92. The Morgan fingerprint density at radius 3 is 2.53 bits per heavy atom. The van der Waals surface area contributed by atoms with E-state index in [0.29, 0.717) is 16.5 Å². The van der Waals surface area contributed by atoms with Gasteiger partial charge < -0.3 is 10.1 Å². The molecule has 1 aromatic heterocycles. The number of aromatic nitrogens is 1. The second-order valence-electron chi connectivity index (χ2n) is 6.64. The van der Waals surface area contributed by atoms with E-state index >= 15 is 0 Å². The smallest absolute Gasteiger partial charge is 0.264 e. The van der Waals surface area contributed by atoms with Gasteiger partial charge in [-0.15, -0.1) is 0 Å². The van der Waals surface area contributed by atoms with Gasteiger partial charge in [0.2, 0.25) is 0 Å². The van der Waals surface area contributed by atoms with E-state index in [0.717, 1.165) is 5.56 Å². The molecule has 30 heavy (non-hydrogen) atoms. The van der Waals surface area contributed by atoms with Crippen LogP contribution in [-0.2, 0) is 21.4 Å². The van der Waals surface area contributed by atoms with Crippen molar-refractivity contribution in [1.29, 1.82) is 0 Å². The maximum Gasteiger partial charge on any atom is 0.264 e. The average Bonchev–Trinajstić information content (AvgIpc) is 2.77. The first-order valence-corrected chi connectivity index (χ1v) is 11.0. The molecule has 1 N–H and O–H groups in total. The molecule has 0 saturated heterocycles. The van der Waals surface area contributed by atoms with Crippen LogP contribution in [0.5, 0.6) is 5.75 Å². The summed E-state index contributed by atoms with van der Waals surface area (Å²) in [6.07, 6.45) is 2.27. The predicted molar refractivity (Wildman–Crippen MR) is 113 cm³/mol. The van der Waals surface area contributed by atoms with Gasteiger partial charge in [-0.05, 0) is 54.1 Å². The third-order valence-electron chi connectivity index (χ3n) is 4.64. The number of nitrogens with zero attached hydrogens (tertiary/aromatic N) is 2. The van der Waals surface area contributed by atoms with E-state index < -0.39 is 22.0 Å². The number of amides is 1. The zero-order valence-corrected chi connectivity index (χ0v) is 17.3. The highest BCUT2D eigenvalue weighted by Crippen LogP contribution is 2.36. The van der Waals surface area contributed by atoms with Crippen molar-refractivity contribution in [3.05, 3.63) is 83.6 Å². The fourth-order valence-corrected chi connectivity index (χ4v) is 4.71. The monoisotopic (exact) mass is 443 g/mol. The second kappa shape index (κ2) is 8.33. The molecular formula is C21H18ClN3O4S. The second-order valence-corrected chi connectivity index (χ2v) is 8.94. The number of pyridine rings is 1. The molecule has 0 saturated carbocycles. The summed E-state index contributed by atoms with van der Waals surface area (Å²) in [5.41, 5.74) is 1.26. The van der Waals surface area contributed by atoms with Crippen LogP contribution < -0.4 is 14.4 Å². The molecule has 2 heterocycles. The maximum absolute atomic E-state index is 13.3. The maximum atomic E-state index is 13.3. The molecule has 7 nitrogen and oxygen atoms in total. The molecule has 9 heteroatoms. The molecule has 0 aliphatic carbocycles. The highest BCUT2D eigenvalue weighted by atomic mass is 35.5. The summed E-state index contributed by atoms with van der Waals surface area (Å²) in [6.45, 7) is 0.136. The Kier molecular flexibility index (Phi) is 5.61. The number of sulfonamides is 1. The number of anilines is 1. The highest BCUT2D eigenvalue weighted by molar-refractivity contribution is 7.92. The Hall–Kier alpha value is -3.10. The molecule has 0 radical (unpaired) electrons. The molecule has 0 bridgehead atoms. The van der Waals surface area contributed by atoms with Crippen molar-refractivity contribution in [3.8, 4) is 5.75 Å². The Morgan fingerprint density at radius 2 is 1.80 bits per heavy atom. The van der Waals surface area contributed by atoms with Gasteiger partial charge in [-0.1, -0.05) is 23.7 Å². The van der Waals surface area contributed by atoms with Crippen LogP contribution in [0.4, 0.5) is 5.69 Å². The van der Waals surface area contributed by atoms with Crippen molar-refractivity contribution in [2.45, 2.75) is 17.5 Å². The van der Waals surface area contributed by atoms with Crippen LogP contribution in [0.1, 0.15) is 5.56 Å². The van der Waals surface area contributed by atoms with Gasteiger partial charge in [0.1, 0.15) is 5.75 Å². The van der Waals surface area contributed by atoms with E-state index in [2.05, 4.69) is 10.3 Å². The van der Waals surface area contributed by atoms with Crippen molar-refractivity contribution in [1.82, 2.24) is 10.3 Å². The van der Waals surface area contributed by atoms with Crippen molar-refractivity contribution < 1.29 is 17.9 Å². The summed E-state index contributed by atoms with van der Waals surface area (Å²) in [6, 6.07) is 16.2. The summed E-state index contributed by atoms with van der Waals surface area (Å²) < 4.78 is 33.6. The number of nitrogens with one attached hydrogen (secondary N) is 1. The number of hydrogen-bond acceptors (Lipinski definition) is 5. The highest BCUT2D eigenvalue weighted by Gasteiger charge is 2.37. The lowest BCUT2D eigenvalue weighted by molar-refractivity contribution is -0.127. The minimum Gasteiger partial charge on any atom is -0.476 e. The van der Waals surface area contributed by atoms with E-state index in [9.17, 15) is 13.2 Å². The fourth-order valence-electron chi connectivity index (χ4n) is 3.10. The van der Waals surface area contributed by atoms with E-state index in [4.69, 9.17) is 16.3 Å². The Balaban J connectivity index is 1.60. The third-order valence-corrected chi connectivity index (χ3v) is 6.69. The minimum absolute atomic E-state index is 0.0829. The molecule has 1 amide bonds. The van der Waals surface area contributed by atoms with Crippen LogP contribution in [0.2, 0.25) is 5.02 Å². The largest absolute Gasteiger partial charge is 0.476 e. The number of rotatable bonds is 5. The van der Waals surface area contributed by atoms with Crippen molar-refractivity contribution >= 4 is 33.2 Å². The third kappa shape index (κ3) is 4.10. The molecule has 1 aliphatic heterocycles. The van der Waals surface area contributed by atoms with Gasteiger partial charge in [-0.3, -0.25) is 14.1 Å². The van der Waals surface area contributed by atoms with Crippen LogP contribution >= 0.6 is 11.6 Å². The van der Waals surface area contributed by atoms with Crippen molar-refractivity contribution in [3.63, 3.8) is 0 Å². The zero-order valence-electron chi connectivity index (χ0n) is 15.7. The number of benzene rings is 2. The SMILES string of the molecule is O=C(NCc1ccncc1)C1CN(S(=O)(=O)c2ccc(Cl)cc2)c2ccccc2O1. The van der Waals surface area contributed by atoms with Gasteiger partial charge in [0, 0.05) is 24.0 Å². The van der Waals surface area contributed by atoms with Crippen LogP contribution in [0.3, 0.4) is 0 Å². The summed E-state index contributed by atoms with van der Waals surface area (Å²) in [5, 5.41) is 3.22.